The van der Waals surface area contributed by atoms with Crippen LogP contribution < -0.4 is 5.76 Å². The number of amides is 2. The Morgan fingerprint density at radius 3 is 2.53 bits per heavy atom. The number of likely N-dealkylation sites (tertiary alicyclic amines) is 2. The molecule has 32 heavy (non-hydrogen) atoms. The van der Waals surface area contributed by atoms with Crippen LogP contribution >= 0.6 is 0 Å². The second kappa shape index (κ2) is 8.37. The van der Waals surface area contributed by atoms with E-state index in [1.165, 1.54) is 4.57 Å². The fourth-order valence-corrected chi connectivity index (χ4v) is 5.53. The summed E-state index contributed by atoms with van der Waals surface area (Å²) >= 11 is 0. The van der Waals surface area contributed by atoms with Crippen molar-refractivity contribution in [3.63, 3.8) is 0 Å². The number of aromatic nitrogens is 1. The minimum absolute atomic E-state index is 0.0130. The zero-order valence-electron chi connectivity index (χ0n) is 18.5. The van der Waals surface area contributed by atoms with E-state index in [0.717, 1.165) is 25.8 Å². The van der Waals surface area contributed by atoms with Gasteiger partial charge in [0.2, 0.25) is 11.8 Å². The second-order valence-corrected chi connectivity index (χ2v) is 9.38. The topological polar surface area (TPSA) is 88.2 Å². The summed E-state index contributed by atoms with van der Waals surface area (Å²) in [6.07, 6.45) is 2.58. The van der Waals surface area contributed by atoms with Gasteiger partial charge in [-0.25, -0.2) is 4.79 Å². The maximum absolute atomic E-state index is 13.0. The van der Waals surface area contributed by atoms with E-state index in [0.29, 0.717) is 50.5 Å². The van der Waals surface area contributed by atoms with Gasteiger partial charge in [-0.15, -0.1) is 0 Å². The summed E-state index contributed by atoms with van der Waals surface area (Å²) in [5, 5.41) is 0. The summed E-state index contributed by atoms with van der Waals surface area (Å²) in [6, 6.07) is 7.06. The molecular formula is C23H30N4O5. The highest BCUT2D eigenvalue weighted by molar-refractivity contribution is 5.82. The fraction of sp³-hybridized carbons (Fsp3) is 0.609. The molecule has 1 aromatic heterocycles. The van der Waals surface area contributed by atoms with E-state index in [-0.39, 0.29) is 29.8 Å². The van der Waals surface area contributed by atoms with Crippen molar-refractivity contribution in [3.05, 3.63) is 34.8 Å². The molecule has 3 aliphatic rings. The first-order chi connectivity index (χ1) is 15.5. The standard InChI is InChI=1S/C23H30N4O5/c1-24-16-23(14-18(24)21(29)26-10-12-31-13-11-26)6-8-25(9-7-23)20(28)15-27-17-4-2-3-5-19(17)32-22(27)30/h2-5,18H,6-16H2,1H3. The van der Waals surface area contributed by atoms with Crippen molar-refractivity contribution in [1.82, 2.24) is 19.3 Å². The largest absolute Gasteiger partial charge is 0.420 e. The highest BCUT2D eigenvalue weighted by atomic mass is 16.5. The number of hydrogen-bond donors (Lipinski definition) is 0. The number of oxazole rings is 1. The lowest BCUT2D eigenvalue weighted by Crippen LogP contribution is -2.48. The Kier molecular flexibility index (Phi) is 5.54. The summed E-state index contributed by atoms with van der Waals surface area (Å²) < 4.78 is 12.0. The molecule has 0 bridgehead atoms. The van der Waals surface area contributed by atoms with E-state index in [2.05, 4.69) is 4.90 Å². The van der Waals surface area contributed by atoms with E-state index >= 15 is 0 Å². The molecule has 3 fully saturated rings. The minimum atomic E-state index is -0.505. The number of ether oxygens (including phenoxy) is 1. The first kappa shape index (κ1) is 21.2. The summed E-state index contributed by atoms with van der Waals surface area (Å²) in [7, 11) is 2.03. The van der Waals surface area contributed by atoms with E-state index in [1.54, 1.807) is 18.2 Å². The summed E-state index contributed by atoms with van der Waals surface area (Å²) in [5.41, 5.74) is 1.20. The van der Waals surface area contributed by atoms with Crippen LogP contribution in [0, 0.1) is 5.41 Å². The molecule has 4 heterocycles. The normalized spacial score (nSPS) is 23.8. The Morgan fingerprint density at radius 1 is 1.06 bits per heavy atom. The molecule has 0 saturated carbocycles. The first-order valence-electron chi connectivity index (χ1n) is 11.4. The third-order valence-corrected chi connectivity index (χ3v) is 7.39. The molecule has 2 aromatic rings. The zero-order chi connectivity index (χ0) is 22.3. The van der Waals surface area contributed by atoms with Crippen molar-refractivity contribution in [3.8, 4) is 0 Å². The number of hydrogen-bond acceptors (Lipinski definition) is 6. The number of para-hydroxylation sites is 2. The van der Waals surface area contributed by atoms with Gasteiger partial charge in [-0.2, -0.15) is 0 Å². The lowest BCUT2D eigenvalue weighted by molar-refractivity contribution is -0.140. The number of morpholine rings is 1. The number of carbonyl (C=O) groups is 2. The molecule has 2 amide bonds. The average molecular weight is 443 g/mol. The van der Waals surface area contributed by atoms with Gasteiger partial charge in [-0.3, -0.25) is 19.1 Å². The zero-order valence-corrected chi connectivity index (χ0v) is 18.5. The number of likely N-dealkylation sites (N-methyl/N-ethyl adjacent to an activating group) is 1. The molecular weight excluding hydrogens is 412 g/mol. The highest BCUT2D eigenvalue weighted by Crippen LogP contribution is 2.43. The van der Waals surface area contributed by atoms with Crippen molar-refractivity contribution >= 4 is 22.9 Å². The third-order valence-electron chi connectivity index (χ3n) is 7.39. The van der Waals surface area contributed by atoms with Gasteiger partial charge >= 0.3 is 5.76 Å². The van der Waals surface area contributed by atoms with Crippen LogP contribution in [0.1, 0.15) is 19.3 Å². The van der Waals surface area contributed by atoms with Gasteiger partial charge in [0.1, 0.15) is 6.54 Å². The maximum atomic E-state index is 13.0. The predicted molar refractivity (Wildman–Crippen MR) is 117 cm³/mol. The molecule has 3 aliphatic heterocycles. The molecule has 0 aliphatic carbocycles. The van der Waals surface area contributed by atoms with Crippen molar-refractivity contribution < 1.29 is 18.7 Å². The van der Waals surface area contributed by atoms with Gasteiger partial charge in [0, 0.05) is 32.7 Å². The van der Waals surface area contributed by atoms with E-state index in [9.17, 15) is 14.4 Å². The lowest BCUT2D eigenvalue weighted by atomic mass is 9.76. The molecule has 1 atom stereocenters. The molecule has 172 valence electrons. The van der Waals surface area contributed by atoms with Crippen LogP contribution in [0.3, 0.4) is 0 Å². The highest BCUT2D eigenvalue weighted by Gasteiger charge is 2.48. The number of rotatable bonds is 3. The number of nitrogens with zero attached hydrogens (tertiary/aromatic N) is 4. The summed E-state index contributed by atoms with van der Waals surface area (Å²) in [6.45, 7) is 4.72. The van der Waals surface area contributed by atoms with E-state index < -0.39 is 5.76 Å². The van der Waals surface area contributed by atoms with Gasteiger partial charge in [0.15, 0.2) is 5.58 Å². The summed E-state index contributed by atoms with van der Waals surface area (Å²) in [5.74, 6) is -0.367. The molecule has 0 N–H and O–H groups in total. The number of fused-ring (bicyclic) bond motifs is 1. The van der Waals surface area contributed by atoms with Gasteiger partial charge in [0.25, 0.3) is 0 Å². The molecule has 1 unspecified atom stereocenters. The van der Waals surface area contributed by atoms with E-state index in [4.69, 9.17) is 9.15 Å². The van der Waals surface area contributed by atoms with Gasteiger partial charge in [-0.1, -0.05) is 12.1 Å². The van der Waals surface area contributed by atoms with Crippen molar-refractivity contribution in [2.45, 2.75) is 31.8 Å². The quantitative estimate of drug-likeness (QED) is 0.698. The fourth-order valence-electron chi connectivity index (χ4n) is 5.53. The van der Waals surface area contributed by atoms with Crippen molar-refractivity contribution in [2.75, 3.05) is 53.0 Å². The molecule has 1 aromatic carbocycles. The van der Waals surface area contributed by atoms with Crippen LogP contribution in [0.2, 0.25) is 0 Å². The minimum Gasteiger partial charge on any atom is -0.408 e. The lowest BCUT2D eigenvalue weighted by Gasteiger charge is -2.39. The van der Waals surface area contributed by atoms with Gasteiger partial charge in [-0.05, 0) is 43.9 Å². The van der Waals surface area contributed by atoms with Crippen molar-refractivity contribution in [2.24, 2.45) is 5.41 Å². The van der Waals surface area contributed by atoms with Crippen LogP contribution in [-0.4, -0.2) is 90.1 Å². The first-order valence-corrected chi connectivity index (χ1v) is 11.4. The molecule has 5 rings (SSSR count). The van der Waals surface area contributed by atoms with Crippen LogP contribution in [0.15, 0.2) is 33.5 Å². The number of carbonyl (C=O) groups excluding carboxylic acids is 2. The Balaban J connectivity index is 1.21. The monoisotopic (exact) mass is 442 g/mol. The average Bonchev–Trinajstić information content (AvgIpc) is 3.30. The maximum Gasteiger partial charge on any atom is 0.420 e. The molecule has 9 heteroatoms. The van der Waals surface area contributed by atoms with Gasteiger partial charge < -0.3 is 19.0 Å². The van der Waals surface area contributed by atoms with E-state index in [1.807, 2.05) is 22.9 Å². The summed E-state index contributed by atoms with van der Waals surface area (Å²) in [4.78, 5) is 44.2. The van der Waals surface area contributed by atoms with Crippen LogP contribution in [0.25, 0.3) is 11.1 Å². The molecule has 3 saturated heterocycles. The Labute approximate surface area is 186 Å². The predicted octanol–water partition coefficient (Wildman–Crippen LogP) is 0.766. The Bertz CT molecular complexity index is 1060. The third kappa shape index (κ3) is 3.84. The van der Waals surface area contributed by atoms with Gasteiger partial charge in [0.05, 0.1) is 24.8 Å². The smallest absolute Gasteiger partial charge is 0.408 e. The SMILES string of the molecule is CN1CC2(CCN(C(=O)Cn3c(=O)oc4ccccc43)CC2)CC1C(=O)N1CCOCC1. The van der Waals surface area contributed by atoms with Crippen LogP contribution in [0.4, 0.5) is 0 Å². The van der Waals surface area contributed by atoms with Crippen LogP contribution in [0.5, 0.6) is 0 Å². The second-order valence-electron chi connectivity index (χ2n) is 9.38. The Morgan fingerprint density at radius 2 is 1.78 bits per heavy atom. The molecule has 0 radical (unpaired) electrons. The molecule has 1 spiro atoms. The molecule has 9 nitrogen and oxygen atoms in total. The number of benzene rings is 1. The Hall–Kier alpha value is -2.65. The van der Waals surface area contributed by atoms with Crippen LogP contribution in [-0.2, 0) is 20.9 Å². The number of piperidine rings is 1. The van der Waals surface area contributed by atoms with Crippen molar-refractivity contribution in [1.29, 1.82) is 0 Å².